The van der Waals surface area contributed by atoms with E-state index in [0.29, 0.717) is 5.69 Å². The molecule has 0 amide bonds. The molecule has 0 spiro atoms. The second-order valence-corrected chi connectivity index (χ2v) is 4.24. The van der Waals surface area contributed by atoms with Crippen LogP contribution in [-0.4, -0.2) is 14.1 Å². The Balaban J connectivity index is 2.11. The lowest BCUT2D eigenvalue weighted by Crippen LogP contribution is -2.07. The van der Waals surface area contributed by atoms with Crippen LogP contribution in [-0.2, 0) is 0 Å². The van der Waals surface area contributed by atoms with E-state index >= 15 is 0 Å². The van der Waals surface area contributed by atoms with Gasteiger partial charge in [0.1, 0.15) is 0 Å². The van der Waals surface area contributed by atoms with Gasteiger partial charge in [-0.1, -0.05) is 12.1 Å². The Kier molecular flexibility index (Phi) is 3.89. The lowest BCUT2D eigenvalue weighted by molar-refractivity contribution is 1.13. The number of hydrogen-bond donors (Lipinski definition) is 0. The minimum absolute atomic E-state index is 0.606. The van der Waals surface area contributed by atoms with Crippen LogP contribution in [0.3, 0.4) is 0 Å². The SMILES string of the molecule is [C-]#[N+]c1ccc(N=Nc2ccc(N(C)C)cc2)cc1. The third-order valence-electron chi connectivity index (χ3n) is 2.63. The number of rotatable bonds is 3. The molecule has 0 N–H and O–H groups in total. The fraction of sp³-hybridized carbons (Fsp3) is 0.133. The summed E-state index contributed by atoms with van der Waals surface area (Å²) in [5, 5.41) is 8.30. The van der Waals surface area contributed by atoms with Crippen LogP contribution < -0.4 is 4.90 Å². The van der Waals surface area contributed by atoms with Gasteiger partial charge in [-0.25, -0.2) is 4.85 Å². The highest BCUT2D eigenvalue weighted by Gasteiger charge is 1.95. The Hall–Kier alpha value is -2.67. The largest absolute Gasteiger partial charge is 0.378 e. The van der Waals surface area contributed by atoms with E-state index in [1.807, 2.05) is 43.3 Å². The van der Waals surface area contributed by atoms with Crippen LogP contribution >= 0.6 is 0 Å². The van der Waals surface area contributed by atoms with Crippen LogP contribution in [0.15, 0.2) is 58.8 Å². The molecule has 0 saturated heterocycles. The first-order valence-electron chi connectivity index (χ1n) is 5.86. The van der Waals surface area contributed by atoms with Gasteiger partial charge in [-0.2, -0.15) is 10.2 Å². The lowest BCUT2D eigenvalue weighted by atomic mass is 10.3. The van der Waals surface area contributed by atoms with Gasteiger partial charge in [0.05, 0.1) is 17.9 Å². The summed E-state index contributed by atoms with van der Waals surface area (Å²) in [6, 6.07) is 14.9. The highest BCUT2D eigenvalue weighted by molar-refractivity contribution is 5.53. The number of hydrogen-bond acceptors (Lipinski definition) is 3. The predicted octanol–water partition coefficient (Wildman–Crippen LogP) is 4.72. The van der Waals surface area contributed by atoms with Crippen molar-refractivity contribution in [2.75, 3.05) is 19.0 Å². The molecule has 0 aliphatic carbocycles. The molecule has 4 heteroatoms. The van der Waals surface area contributed by atoms with Gasteiger partial charge in [0.25, 0.3) is 0 Å². The molecule has 4 nitrogen and oxygen atoms in total. The smallest absolute Gasteiger partial charge is 0.187 e. The first-order valence-corrected chi connectivity index (χ1v) is 5.86. The molecule has 0 heterocycles. The highest BCUT2D eigenvalue weighted by atomic mass is 15.1. The first kappa shape index (κ1) is 12.8. The number of anilines is 1. The van der Waals surface area contributed by atoms with Gasteiger partial charge < -0.3 is 4.90 Å². The van der Waals surface area contributed by atoms with Crippen molar-refractivity contribution in [3.05, 3.63) is 59.9 Å². The zero-order valence-corrected chi connectivity index (χ0v) is 10.9. The molecule has 0 fully saturated rings. The summed E-state index contributed by atoms with van der Waals surface area (Å²) in [7, 11) is 3.99. The summed E-state index contributed by atoms with van der Waals surface area (Å²) in [5.74, 6) is 0. The lowest BCUT2D eigenvalue weighted by Gasteiger charge is -2.11. The van der Waals surface area contributed by atoms with E-state index in [1.165, 1.54) is 0 Å². The van der Waals surface area contributed by atoms with Crippen molar-refractivity contribution in [2.24, 2.45) is 10.2 Å². The second-order valence-electron chi connectivity index (χ2n) is 4.24. The van der Waals surface area contributed by atoms with E-state index in [0.717, 1.165) is 17.1 Å². The van der Waals surface area contributed by atoms with Crippen molar-refractivity contribution >= 4 is 22.7 Å². The fourth-order valence-corrected chi connectivity index (χ4v) is 1.53. The Morgan fingerprint density at radius 3 is 1.74 bits per heavy atom. The van der Waals surface area contributed by atoms with Crippen LogP contribution in [0, 0.1) is 6.57 Å². The maximum atomic E-state index is 6.87. The molecule has 0 bridgehead atoms. The Morgan fingerprint density at radius 2 is 1.32 bits per heavy atom. The molecule has 0 aliphatic heterocycles. The average molecular weight is 250 g/mol. The van der Waals surface area contributed by atoms with Gasteiger partial charge in [-0.05, 0) is 36.4 Å². The third kappa shape index (κ3) is 3.39. The van der Waals surface area contributed by atoms with Crippen LogP contribution in [0.4, 0.5) is 22.7 Å². The molecule has 0 atom stereocenters. The fourth-order valence-electron chi connectivity index (χ4n) is 1.53. The molecule has 2 aromatic carbocycles. The molecular formula is C15H14N4. The molecule has 19 heavy (non-hydrogen) atoms. The zero-order chi connectivity index (χ0) is 13.7. The van der Waals surface area contributed by atoms with E-state index in [9.17, 15) is 0 Å². The van der Waals surface area contributed by atoms with E-state index < -0.39 is 0 Å². The minimum atomic E-state index is 0.606. The molecular weight excluding hydrogens is 236 g/mol. The van der Waals surface area contributed by atoms with Crippen LogP contribution in [0.2, 0.25) is 0 Å². The molecule has 94 valence electrons. The van der Waals surface area contributed by atoms with E-state index in [4.69, 9.17) is 6.57 Å². The molecule has 0 unspecified atom stereocenters. The molecule has 0 aliphatic rings. The Bertz CT molecular complexity index is 604. The number of nitrogens with zero attached hydrogens (tertiary/aromatic N) is 4. The number of azo groups is 1. The standard InChI is InChI=1S/C15H14N4/c1-16-12-4-6-13(7-5-12)17-18-14-8-10-15(11-9-14)19(2)3/h4-11H,2-3H3. The van der Waals surface area contributed by atoms with Gasteiger partial charge in [-0.15, -0.1) is 0 Å². The van der Waals surface area contributed by atoms with E-state index in [-0.39, 0.29) is 0 Å². The quantitative estimate of drug-likeness (QED) is 0.573. The Morgan fingerprint density at radius 1 is 0.842 bits per heavy atom. The topological polar surface area (TPSA) is 32.3 Å². The molecule has 0 radical (unpaired) electrons. The zero-order valence-electron chi connectivity index (χ0n) is 10.9. The van der Waals surface area contributed by atoms with Gasteiger partial charge in [0, 0.05) is 19.8 Å². The predicted molar refractivity (Wildman–Crippen MR) is 77.6 cm³/mol. The summed E-state index contributed by atoms with van der Waals surface area (Å²) in [6.07, 6.45) is 0. The average Bonchev–Trinajstić information content (AvgIpc) is 2.46. The van der Waals surface area contributed by atoms with Crippen molar-refractivity contribution in [2.45, 2.75) is 0 Å². The highest BCUT2D eigenvalue weighted by Crippen LogP contribution is 2.22. The molecule has 2 aromatic rings. The van der Waals surface area contributed by atoms with Crippen molar-refractivity contribution in [3.8, 4) is 0 Å². The second kappa shape index (κ2) is 5.78. The molecule has 2 rings (SSSR count). The molecule has 0 saturated carbocycles. The van der Waals surface area contributed by atoms with Crippen LogP contribution in [0.1, 0.15) is 0 Å². The van der Waals surface area contributed by atoms with E-state index in [2.05, 4.69) is 15.1 Å². The van der Waals surface area contributed by atoms with Gasteiger partial charge in [0.2, 0.25) is 0 Å². The normalized spacial score (nSPS) is 10.4. The van der Waals surface area contributed by atoms with Crippen molar-refractivity contribution in [1.29, 1.82) is 0 Å². The minimum Gasteiger partial charge on any atom is -0.378 e. The van der Waals surface area contributed by atoms with Crippen molar-refractivity contribution in [3.63, 3.8) is 0 Å². The summed E-state index contributed by atoms with van der Waals surface area (Å²) in [5.41, 5.74) is 3.28. The summed E-state index contributed by atoms with van der Waals surface area (Å²) in [4.78, 5) is 5.36. The Labute approximate surface area is 112 Å². The summed E-state index contributed by atoms with van der Waals surface area (Å²) >= 11 is 0. The maximum absolute atomic E-state index is 6.87. The maximum Gasteiger partial charge on any atom is 0.187 e. The monoisotopic (exact) mass is 250 g/mol. The van der Waals surface area contributed by atoms with Gasteiger partial charge in [-0.3, -0.25) is 0 Å². The number of benzene rings is 2. The van der Waals surface area contributed by atoms with Gasteiger partial charge in [0.15, 0.2) is 5.69 Å². The summed E-state index contributed by atoms with van der Waals surface area (Å²) < 4.78 is 0. The van der Waals surface area contributed by atoms with Gasteiger partial charge >= 0.3 is 0 Å². The van der Waals surface area contributed by atoms with Crippen molar-refractivity contribution in [1.82, 2.24) is 0 Å². The van der Waals surface area contributed by atoms with Crippen molar-refractivity contribution < 1.29 is 0 Å². The molecule has 0 aromatic heterocycles. The van der Waals surface area contributed by atoms with E-state index in [1.54, 1.807) is 24.3 Å². The first-order chi connectivity index (χ1) is 9.19. The third-order valence-corrected chi connectivity index (χ3v) is 2.63. The van der Waals surface area contributed by atoms with Crippen LogP contribution in [0.25, 0.3) is 4.85 Å². The van der Waals surface area contributed by atoms with Crippen LogP contribution in [0.5, 0.6) is 0 Å². The summed E-state index contributed by atoms with van der Waals surface area (Å²) in [6.45, 7) is 6.87.